The number of hydrogen-bond donors (Lipinski definition) is 3. The topological polar surface area (TPSA) is 122 Å². The summed E-state index contributed by atoms with van der Waals surface area (Å²) < 4.78 is 20.5. The Hall–Kier alpha value is -4.77. The lowest BCUT2D eigenvalue weighted by atomic mass is 9.89. The first kappa shape index (κ1) is 31.8. The normalized spacial score (nSPS) is 15.3. The third kappa shape index (κ3) is 7.49. The molecule has 1 atom stereocenters. The fraction of sp³-hybridized carbons (Fsp3) is 0.290. The van der Waals surface area contributed by atoms with Crippen molar-refractivity contribution in [3.05, 3.63) is 96.9 Å². The van der Waals surface area contributed by atoms with E-state index in [1.54, 1.807) is 47.0 Å². The van der Waals surface area contributed by atoms with Crippen LogP contribution >= 0.6 is 0 Å². The van der Waals surface area contributed by atoms with Crippen molar-refractivity contribution < 1.29 is 13.9 Å². The first-order chi connectivity index (χ1) is 20.1. The second kappa shape index (κ2) is 14.2. The zero-order chi connectivity index (χ0) is 30.9. The van der Waals surface area contributed by atoms with Crippen LogP contribution in [-0.4, -0.2) is 39.6 Å². The van der Waals surface area contributed by atoms with E-state index < -0.39 is 12.2 Å². The molecule has 0 saturated heterocycles. The van der Waals surface area contributed by atoms with Gasteiger partial charge in [-0.2, -0.15) is 10.2 Å². The van der Waals surface area contributed by atoms with Crippen LogP contribution in [0.1, 0.15) is 45.7 Å². The molecular formula is C31H39FN8O2. The molecule has 2 amide bonds. The van der Waals surface area contributed by atoms with Crippen LogP contribution < -0.4 is 21.4 Å². The van der Waals surface area contributed by atoms with E-state index in [4.69, 9.17) is 15.6 Å². The van der Waals surface area contributed by atoms with Crippen LogP contribution in [0, 0.1) is 11.2 Å². The molecule has 42 heavy (non-hydrogen) atoms. The standard InChI is InChI=1S/C29H33FN8O2.C2H6/c1-6-19(25-20(17-40-5)16-37-26(25)27(31)33-18-34-37)8-7-15-32-28(39)35-24-14-13-23(29(2,3)4)36-38(24)22-11-9-21(30)10-12-22;1-2/h6-16,18,24H,1,17H2,2-5H3,(H2,31,33,34)(H2,32,35,39);1-2H3/b15-7+,19-8+;. The Labute approximate surface area is 246 Å². The van der Waals surface area contributed by atoms with Crippen LogP contribution in [0.25, 0.3) is 11.1 Å². The van der Waals surface area contributed by atoms with Gasteiger partial charge in [0.05, 0.1) is 18.0 Å². The van der Waals surface area contributed by atoms with Gasteiger partial charge in [-0.1, -0.05) is 53.3 Å². The smallest absolute Gasteiger partial charge is 0.320 e. The molecule has 222 valence electrons. The molecule has 0 bridgehead atoms. The quantitative estimate of drug-likeness (QED) is 0.292. The number of halogens is 1. The van der Waals surface area contributed by atoms with Gasteiger partial charge in [-0.25, -0.2) is 23.7 Å². The summed E-state index contributed by atoms with van der Waals surface area (Å²) in [6, 6.07) is 5.50. The summed E-state index contributed by atoms with van der Waals surface area (Å²) in [6.45, 7) is 14.4. The summed E-state index contributed by atoms with van der Waals surface area (Å²) in [6.07, 6.45) is 13.0. The van der Waals surface area contributed by atoms with Gasteiger partial charge in [0.1, 0.15) is 23.8 Å². The number of ether oxygens (including phenoxy) is 1. The van der Waals surface area contributed by atoms with E-state index in [9.17, 15) is 9.18 Å². The Bertz CT molecular complexity index is 1510. The maximum Gasteiger partial charge on any atom is 0.320 e. The van der Waals surface area contributed by atoms with Crippen LogP contribution in [0.15, 0.2) is 85.1 Å². The Kier molecular flexibility index (Phi) is 10.8. The van der Waals surface area contributed by atoms with Crippen molar-refractivity contribution in [3.8, 4) is 0 Å². The van der Waals surface area contributed by atoms with Crippen LogP contribution in [0.4, 0.5) is 20.7 Å². The van der Waals surface area contributed by atoms with Gasteiger partial charge in [-0.05, 0) is 48.1 Å². The monoisotopic (exact) mass is 574 g/mol. The number of hydrogen-bond acceptors (Lipinski definition) is 7. The summed E-state index contributed by atoms with van der Waals surface area (Å²) in [7, 11) is 1.61. The van der Waals surface area contributed by atoms with Gasteiger partial charge in [0.15, 0.2) is 5.82 Å². The molecule has 0 fully saturated rings. The largest absolute Gasteiger partial charge is 0.382 e. The Morgan fingerprint density at radius 2 is 1.95 bits per heavy atom. The van der Waals surface area contributed by atoms with Gasteiger partial charge in [0, 0.05) is 36.0 Å². The Balaban J connectivity index is 0.00000237. The minimum absolute atomic E-state index is 0.217. The predicted molar refractivity (Wildman–Crippen MR) is 167 cm³/mol. The van der Waals surface area contributed by atoms with Crippen molar-refractivity contribution in [1.82, 2.24) is 25.2 Å². The number of carbonyl (C=O) groups excluding carboxylic acids is 1. The molecule has 4 N–H and O–H groups in total. The van der Waals surface area contributed by atoms with Crippen LogP contribution in [0.5, 0.6) is 0 Å². The van der Waals surface area contributed by atoms with Crippen LogP contribution in [0.2, 0.25) is 0 Å². The fourth-order valence-electron chi connectivity index (χ4n) is 4.17. The molecule has 0 spiro atoms. The number of urea groups is 1. The third-order valence-electron chi connectivity index (χ3n) is 6.13. The maximum atomic E-state index is 13.5. The molecule has 10 nitrogen and oxygen atoms in total. The highest BCUT2D eigenvalue weighted by Crippen LogP contribution is 2.30. The summed E-state index contributed by atoms with van der Waals surface area (Å²) in [5.74, 6) is -0.0290. The lowest BCUT2D eigenvalue weighted by Crippen LogP contribution is -2.50. The van der Waals surface area contributed by atoms with E-state index in [2.05, 4.69) is 27.3 Å². The van der Waals surface area contributed by atoms with Gasteiger partial charge in [0.25, 0.3) is 0 Å². The van der Waals surface area contributed by atoms with Crippen molar-refractivity contribution >= 4 is 34.3 Å². The lowest BCUT2D eigenvalue weighted by molar-refractivity contribution is 0.185. The molecule has 2 aromatic heterocycles. The number of amides is 2. The average molecular weight is 575 g/mol. The first-order valence-electron chi connectivity index (χ1n) is 13.6. The molecule has 1 unspecified atom stereocenters. The number of aromatic nitrogens is 3. The number of nitrogens with one attached hydrogen (secondary N) is 2. The minimum Gasteiger partial charge on any atom is -0.382 e. The van der Waals surface area contributed by atoms with Crippen molar-refractivity contribution in [2.24, 2.45) is 10.5 Å². The second-order valence-electron chi connectivity index (χ2n) is 10.1. The van der Waals surface area contributed by atoms with Gasteiger partial charge in [0.2, 0.25) is 0 Å². The predicted octanol–water partition coefficient (Wildman–Crippen LogP) is 5.81. The zero-order valence-electron chi connectivity index (χ0n) is 24.9. The Morgan fingerprint density at radius 3 is 2.60 bits per heavy atom. The molecule has 1 aliphatic heterocycles. The van der Waals surface area contributed by atoms with E-state index in [0.717, 1.165) is 22.4 Å². The molecule has 3 heterocycles. The molecule has 11 heteroatoms. The number of nitrogen functional groups attached to an aromatic ring is 1. The summed E-state index contributed by atoms with van der Waals surface area (Å²) in [5.41, 5.74) is 10.4. The number of rotatable bonds is 8. The van der Waals surface area contributed by atoms with E-state index in [1.807, 2.05) is 53.0 Å². The fourth-order valence-corrected chi connectivity index (χ4v) is 4.17. The number of nitrogens with two attached hydrogens (primary N) is 1. The second-order valence-corrected chi connectivity index (χ2v) is 10.1. The Morgan fingerprint density at radius 1 is 1.24 bits per heavy atom. The third-order valence-corrected chi connectivity index (χ3v) is 6.13. The number of hydrazone groups is 1. The number of methoxy groups -OCH3 is 1. The van der Waals surface area contributed by atoms with Crippen LogP contribution in [0.3, 0.4) is 0 Å². The van der Waals surface area contributed by atoms with Gasteiger partial charge in [-0.3, -0.25) is 0 Å². The van der Waals surface area contributed by atoms with E-state index in [-0.39, 0.29) is 11.2 Å². The lowest BCUT2D eigenvalue weighted by Gasteiger charge is -2.33. The number of benzene rings is 1. The zero-order valence-corrected chi connectivity index (χ0v) is 24.9. The van der Waals surface area contributed by atoms with Crippen molar-refractivity contribution in [2.45, 2.75) is 47.4 Å². The minimum atomic E-state index is -0.587. The van der Waals surface area contributed by atoms with Crippen molar-refractivity contribution in [1.29, 1.82) is 0 Å². The maximum absolute atomic E-state index is 13.5. The van der Waals surface area contributed by atoms with E-state index in [0.29, 0.717) is 23.6 Å². The molecule has 0 saturated carbocycles. The molecule has 3 aromatic rings. The average Bonchev–Trinajstić information content (AvgIpc) is 3.33. The summed E-state index contributed by atoms with van der Waals surface area (Å²) in [5, 5.41) is 16.2. The molecule has 1 aromatic carbocycles. The molecule has 1 aliphatic rings. The molecule has 4 rings (SSSR count). The van der Waals surface area contributed by atoms with Gasteiger partial charge < -0.3 is 21.1 Å². The highest BCUT2D eigenvalue weighted by molar-refractivity contribution is 6.00. The number of anilines is 2. The SMILES string of the molecule is C=C/C(=C\C=C\NC(=O)NC1C=CC(C(C)(C)C)=NN1c1ccc(F)cc1)c1c(COC)cn2ncnc(N)c12.CC. The van der Waals surface area contributed by atoms with Crippen molar-refractivity contribution in [2.75, 3.05) is 17.9 Å². The number of nitrogens with zero attached hydrogens (tertiary/aromatic N) is 5. The summed E-state index contributed by atoms with van der Waals surface area (Å²) in [4.78, 5) is 16.9. The number of fused-ring (bicyclic) bond motifs is 1. The first-order valence-corrected chi connectivity index (χ1v) is 13.6. The van der Waals surface area contributed by atoms with E-state index >= 15 is 0 Å². The number of allylic oxidation sites excluding steroid dienone is 5. The molecule has 0 aliphatic carbocycles. The highest BCUT2D eigenvalue weighted by atomic mass is 19.1. The molecule has 0 radical (unpaired) electrons. The van der Waals surface area contributed by atoms with Gasteiger partial charge >= 0.3 is 6.03 Å². The van der Waals surface area contributed by atoms with E-state index in [1.165, 1.54) is 24.7 Å². The molecular weight excluding hydrogens is 535 g/mol. The van der Waals surface area contributed by atoms with Gasteiger partial charge in [-0.15, -0.1) is 0 Å². The number of carbonyl (C=O) groups is 1. The van der Waals surface area contributed by atoms with Crippen LogP contribution in [-0.2, 0) is 11.3 Å². The van der Waals surface area contributed by atoms with Crippen molar-refractivity contribution in [3.63, 3.8) is 0 Å². The highest BCUT2D eigenvalue weighted by Gasteiger charge is 2.27. The summed E-state index contributed by atoms with van der Waals surface area (Å²) >= 11 is 0.